The first-order valence-electron chi connectivity index (χ1n) is 5.92. The maximum Gasteiger partial charge on any atom is 0.113 e. The molecular weight excluding hydrogens is 224 g/mol. The molecule has 0 aliphatic carbocycles. The fraction of sp³-hybridized carbons (Fsp3) is 0.143. The van der Waals surface area contributed by atoms with Crippen molar-refractivity contribution in [2.24, 2.45) is 0 Å². The van der Waals surface area contributed by atoms with E-state index in [1.54, 1.807) is 0 Å². The van der Waals surface area contributed by atoms with Crippen molar-refractivity contribution in [1.82, 2.24) is 15.0 Å². The largest absolute Gasteiger partial charge is 0.388 e. The van der Waals surface area contributed by atoms with Crippen LogP contribution in [-0.4, -0.2) is 22.0 Å². The smallest absolute Gasteiger partial charge is 0.113 e. The normalized spacial score (nSPS) is 10.7. The fourth-order valence-corrected chi connectivity index (χ4v) is 1.98. The molecule has 0 fully saturated rings. The molecule has 0 atom stereocenters. The van der Waals surface area contributed by atoms with E-state index in [2.05, 4.69) is 39.9 Å². The van der Waals surface area contributed by atoms with Gasteiger partial charge >= 0.3 is 0 Å². The summed E-state index contributed by atoms with van der Waals surface area (Å²) in [6.07, 6.45) is 0. The lowest BCUT2D eigenvalue weighted by Gasteiger charge is -2.04. The number of para-hydroxylation sites is 1. The average molecular weight is 238 g/mol. The van der Waals surface area contributed by atoms with Crippen LogP contribution in [0.2, 0.25) is 0 Å². The van der Waals surface area contributed by atoms with Gasteiger partial charge in [-0.15, -0.1) is 5.10 Å². The van der Waals surface area contributed by atoms with E-state index in [4.69, 9.17) is 0 Å². The van der Waals surface area contributed by atoms with Crippen molar-refractivity contribution in [2.75, 3.05) is 12.4 Å². The first-order valence-corrected chi connectivity index (χ1v) is 5.92. The van der Waals surface area contributed by atoms with Gasteiger partial charge in [-0.3, -0.25) is 0 Å². The Balaban J connectivity index is 1.91. The number of nitrogens with zero attached hydrogens (tertiary/aromatic N) is 3. The van der Waals surface area contributed by atoms with Crippen LogP contribution in [0.4, 0.5) is 5.69 Å². The third-order valence-corrected chi connectivity index (χ3v) is 3.00. The summed E-state index contributed by atoms with van der Waals surface area (Å²) in [5.41, 5.74) is 4.33. The summed E-state index contributed by atoms with van der Waals surface area (Å²) in [5.74, 6) is 0. The highest BCUT2D eigenvalue weighted by Gasteiger charge is 2.03. The number of hydrogen-bond donors (Lipinski definition) is 1. The molecule has 4 heteroatoms. The minimum absolute atomic E-state index is 0.741. The van der Waals surface area contributed by atoms with E-state index in [1.165, 1.54) is 5.56 Å². The van der Waals surface area contributed by atoms with Crippen molar-refractivity contribution in [1.29, 1.82) is 0 Å². The minimum Gasteiger partial charge on any atom is -0.388 e. The number of aromatic nitrogens is 3. The Kier molecular flexibility index (Phi) is 2.68. The summed E-state index contributed by atoms with van der Waals surface area (Å²) >= 11 is 0. The standard InChI is InChI=1S/C14H14N4/c1-15-12-8-6-11(7-9-12)10-18-14-5-3-2-4-13(14)16-17-18/h2-9,15H,10H2,1H3. The maximum atomic E-state index is 4.18. The monoisotopic (exact) mass is 238 g/mol. The Labute approximate surface area is 105 Å². The zero-order valence-electron chi connectivity index (χ0n) is 10.2. The lowest BCUT2D eigenvalue weighted by molar-refractivity contribution is 0.670. The molecule has 2 aromatic carbocycles. The predicted molar refractivity (Wildman–Crippen MR) is 72.6 cm³/mol. The Morgan fingerprint density at radius 3 is 2.61 bits per heavy atom. The zero-order chi connectivity index (χ0) is 12.4. The molecule has 1 aromatic heterocycles. The van der Waals surface area contributed by atoms with Gasteiger partial charge in [-0.2, -0.15) is 0 Å². The van der Waals surface area contributed by atoms with Crippen LogP contribution < -0.4 is 5.32 Å². The third-order valence-electron chi connectivity index (χ3n) is 3.00. The van der Waals surface area contributed by atoms with Gasteiger partial charge < -0.3 is 5.32 Å². The molecule has 0 saturated carbocycles. The molecule has 1 heterocycles. The molecule has 0 bridgehead atoms. The molecule has 90 valence electrons. The second-order valence-electron chi connectivity index (χ2n) is 4.18. The number of benzene rings is 2. The molecule has 0 amide bonds. The molecule has 4 nitrogen and oxygen atoms in total. The maximum absolute atomic E-state index is 4.18. The van der Waals surface area contributed by atoms with E-state index < -0.39 is 0 Å². The van der Waals surface area contributed by atoms with Crippen LogP contribution in [0.25, 0.3) is 11.0 Å². The summed E-state index contributed by atoms with van der Waals surface area (Å²) in [5, 5.41) is 11.4. The fourth-order valence-electron chi connectivity index (χ4n) is 1.98. The van der Waals surface area contributed by atoms with Crippen molar-refractivity contribution in [3.05, 3.63) is 54.1 Å². The van der Waals surface area contributed by atoms with Gasteiger partial charge in [0.1, 0.15) is 5.52 Å². The molecule has 18 heavy (non-hydrogen) atoms. The minimum atomic E-state index is 0.741. The Bertz CT molecular complexity index is 655. The summed E-state index contributed by atoms with van der Waals surface area (Å²) < 4.78 is 1.92. The van der Waals surface area contributed by atoms with Crippen molar-refractivity contribution in [3.8, 4) is 0 Å². The van der Waals surface area contributed by atoms with Crippen LogP contribution in [0.1, 0.15) is 5.56 Å². The highest BCUT2D eigenvalue weighted by Crippen LogP contribution is 2.13. The van der Waals surface area contributed by atoms with Gasteiger partial charge in [-0.1, -0.05) is 29.5 Å². The van der Waals surface area contributed by atoms with Crippen LogP contribution in [0, 0.1) is 0 Å². The van der Waals surface area contributed by atoms with Crippen LogP contribution in [0.3, 0.4) is 0 Å². The van der Waals surface area contributed by atoms with E-state index >= 15 is 0 Å². The Hall–Kier alpha value is -2.36. The average Bonchev–Trinajstić information content (AvgIpc) is 2.83. The van der Waals surface area contributed by atoms with Crippen molar-refractivity contribution >= 4 is 16.7 Å². The second-order valence-corrected chi connectivity index (χ2v) is 4.18. The molecule has 0 radical (unpaired) electrons. The molecule has 0 saturated heterocycles. The van der Waals surface area contributed by atoms with Gasteiger partial charge in [0.05, 0.1) is 12.1 Å². The first kappa shape index (κ1) is 10.8. The van der Waals surface area contributed by atoms with E-state index in [0.717, 1.165) is 23.3 Å². The summed E-state index contributed by atoms with van der Waals surface area (Å²) in [6, 6.07) is 16.3. The first-order chi connectivity index (χ1) is 8.86. The van der Waals surface area contributed by atoms with Crippen molar-refractivity contribution in [3.63, 3.8) is 0 Å². The van der Waals surface area contributed by atoms with Gasteiger partial charge in [-0.25, -0.2) is 4.68 Å². The molecular formula is C14H14N4. The highest BCUT2D eigenvalue weighted by atomic mass is 15.4. The van der Waals surface area contributed by atoms with Crippen LogP contribution >= 0.6 is 0 Å². The SMILES string of the molecule is CNc1ccc(Cn2nnc3ccccc32)cc1. The van der Waals surface area contributed by atoms with E-state index in [-0.39, 0.29) is 0 Å². The topological polar surface area (TPSA) is 42.7 Å². The summed E-state index contributed by atoms with van der Waals surface area (Å²) in [6.45, 7) is 0.741. The predicted octanol–water partition coefficient (Wildman–Crippen LogP) is 2.52. The van der Waals surface area contributed by atoms with E-state index in [1.807, 2.05) is 36.0 Å². The molecule has 0 spiro atoms. The van der Waals surface area contributed by atoms with Gasteiger partial charge in [0.25, 0.3) is 0 Å². The highest BCUT2D eigenvalue weighted by molar-refractivity contribution is 5.73. The quantitative estimate of drug-likeness (QED) is 0.762. The molecule has 0 unspecified atom stereocenters. The Morgan fingerprint density at radius 2 is 1.83 bits per heavy atom. The molecule has 3 rings (SSSR count). The number of fused-ring (bicyclic) bond motifs is 1. The molecule has 3 aromatic rings. The van der Waals surface area contributed by atoms with Crippen LogP contribution in [-0.2, 0) is 6.54 Å². The van der Waals surface area contributed by atoms with E-state index in [9.17, 15) is 0 Å². The number of hydrogen-bond acceptors (Lipinski definition) is 3. The molecule has 1 N–H and O–H groups in total. The molecule has 0 aliphatic heterocycles. The van der Waals surface area contributed by atoms with Crippen LogP contribution in [0.15, 0.2) is 48.5 Å². The summed E-state index contributed by atoms with van der Waals surface area (Å²) in [7, 11) is 1.92. The number of rotatable bonds is 3. The second kappa shape index (κ2) is 4.49. The van der Waals surface area contributed by atoms with E-state index in [0.29, 0.717) is 0 Å². The zero-order valence-corrected chi connectivity index (χ0v) is 10.2. The lowest BCUT2D eigenvalue weighted by atomic mass is 10.2. The van der Waals surface area contributed by atoms with Gasteiger partial charge in [0, 0.05) is 12.7 Å². The Morgan fingerprint density at radius 1 is 1.06 bits per heavy atom. The lowest BCUT2D eigenvalue weighted by Crippen LogP contribution is -2.01. The van der Waals surface area contributed by atoms with Gasteiger partial charge in [-0.05, 0) is 29.8 Å². The number of nitrogens with one attached hydrogen (secondary N) is 1. The summed E-state index contributed by atoms with van der Waals surface area (Å²) in [4.78, 5) is 0. The van der Waals surface area contributed by atoms with Crippen LogP contribution in [0.5, 0.6) is 0 Å². The third kappa shape index (κ3) is 1.93. The van der Waals surface area contributed by atoms with Crippen molar-refractivity contribution in [2.45, 2.75) is 6.54 Å². The van der Waals surface area contributed by atoms with Crippen molar-refractivity contribution < 1.29 is 0 Å². The molecule has 0 aliphatic rings. The van der Waals surface area contributed by atoms with Gasteiger partial charge in [0.2, 0.25) is 0 Å². The number of anilines is 1. The van der Waals surface area contributed by atoms with Gasteiger partial charge in [0.15, 0.2) is 0 Å².